The van der Waals surface area contributed by atoms with Crippen molar-refractivity contribution in [1.29, 1.82) is 0 Å². The topological polar surface area (TPSA) is 155 Å². The van der Waals surface area contributed by atoms with Gasteiger partial charge < -0.3 is 14.5 Å². The van der Waals surface area contributed by atoms with Crippen LogP contribution < -0.4 is 10.1 Å². The number of anilines is 1. The highest BCUT2D eigenvalue weighted by Gasteiger charge is 2.37. The molecule has 2 aromatic carbocycles. The Morgan fingerprint density at radius 3 is 2.25 bits per heavy atom. The zero-order valence-electron chi connectivity index (χ0n) is 14.3. The van der Waals surface area contributed by atoms with Crippen LogP contribution in [0.2, 0.25) is 0 Å². The summed E-state index contributed by atoms with van der Waals surface area (Å²) in [6.45, 7) is 1.88. The van der Waals surface area contributed by atoms with Gasteiger partial charge in [-0.3, -0.25) is 4.79 Å². The lowest BCUT2D eigenvalue weighted by Gasteiger charge is -2.13. The van der Waals surface area contributed by atoms with Gasteiger partial charge in [-0.1, -0.05) is 17.7 Å². The highest BCUT2D eigenvalue weighted by Crippen LogP contribution is 2.25. The van der Waals surface area contributed by atoms with Crippen LogP contribution in [0.15, 0.2) is 68.8 Å². The molecule has 11 heteroatoms. The Kier molecular flexibility index (Phi) is 5.03. The monoisotopic (exact) mass is 400 g/mol. The fourth-order valence-electron chi connectivity index (χ4n) is 2.38. The maximum Gasteiger partial charge on any atom is 0.280 e. The van der Waals surface area contributed by atoms with Crippen LogP contribution in [0.25, 0.3) is 0 Å². The summed E-state index contributed by atoms with van der Waals surface area (Å²) in [5.41, 5.74) is 0.827. The van der Waals surface area contributed by atoms with Crippen molar-refractivity contribution in [3.8, 4) is 0 Å². The van der Waals surface area contributed by atoms with Gasteiger partial charge >= 0.3 is 0 Å². The first kappa shape index (κ1) is 19.3. The van der Waals surface area contributed by atoms with Crippen LogP contribution in [0, 0.1) is 6.92 Å². The van der Waals surface area contributed by atoms with Gasteiger partial charge in [-0.15, -0.1) is 0 Å². The van der Waals surface area contributed by atoms with Gasteiger partial charge in [0.15, 0.2) is 6.04 Å². The summed E-state index contributed by atoms with van der Waals surface area (Å²) in [6, 6.07) is 9.60. The second-order valence-corrected chi connectivity index (χ2v) is 7.20. The lowest BCUT2D eigenvalue weighted by atomic mass is 10.2. The fraction of sp³-hybridized carbons (Fsp3) is 0.118. The molecule has 1 unspecified atom stereocenters. The number of aryl methyl sites for hydroxylation is 1. The number of nitrogens with zero attached hydrogens (tertiary/aromatic N) is 4. The number of azo groups is 1. The van der Waals surface area contributed by atoms with E-state index < -0.39 is 38.6 Å². The summed E-state index contributed by atoms with van der Waals surface area (Å²) in [6.07, 6.45) is 0. The first-order valence-electron chi connectivity index (χ1n) is 7.84. The number of carboxylic acids is 1. The molecule has 3 rings (SSSR count). The first-order chi connectivity index (χ1) is 13.2. The summed E-state index contributed by atoms with van der Waals surface area (Å²) >= 11 is 0. The largest absolute Gasteiger partial charge is 0.744 e. The van der Waals surface area contributed by atoms with Gasteiger partial charge in [0.05, 0.1) is 22.2 Å². The van der Waals surface area contributed by atoms with Crippen LogP contribution in [0.5, 0.6) is 0 Å². The maximum atomic E-state index is 12.6. The molecule has 1 aliphatic rings. The number of amides is 1. The second-order valence-electron chi connectivity index (χ2n) is 5.82. The maximum absolute atomic E-state index is 12.6. The second kappa shape index (κ2) is 7.29. The van der Waals surface area contributed by atoms with Crippen LogP contribution in [-0.2, 0) is 19.7 Å². The average molecular weight is 400 g/mol. The minimum Gasteiger partial charge on any atom is -0.744 e. The Bertz CT molecular complexity index is 1090. The highest BCUT2D eigenvalue weighted by molar-refractivity contribution is 7.85. The number of hydrazone groups is 1. The molecular formula is C17H12N4O6S-2. The molecule has 10 nitrogen and oxygen atoms in total. The van der Waals surface area contributed by atoms with Crippen molar-refractivity contribution >= 4 is 39.1 Å². The van der Waals surface area contributed by atoms with Crippen molar-refractivity contribution in [1.82, 2.24) is 0 Å². The molecule has 144 valence electrons. The fourth-order valence-corrected chi connectivity index (χ4v) is 2.85. The van der Waals surface area contributed by atoms with Gasteiger partial charge in [-0.25, -0.2) is 8.42 Å². The van der Waals surface area contributed by atoms with E-state index in [0.717, 1.165) is 34.8 Å². The molecule has 0 N–H and O–H groups in total. The van der Waals surface area contributed by atoms with Gasteiger partial charge in [-0.2, -0.15) is 20.3 Å². The van der Waals surface area contributed by atoms with Crippen molar-refractivity contribution in [3.63, 3.8) is 0 Å². The van der Waals surface area contributed by atoms with E-state index in [9.17, 15) is 27.7 Å². The summed E-state index contributed by atoms with van der Waals surface area (Å²) < 4.78 is 33.0. The Labute approximate surface area is 159 Å². The third-order valence-electron chi connectivity index (χ3n) is 3.81. The number of benzene rings is 2. The predicted molar refractivity (Wildman–Crippen MR) is 93.8 cm³/mol. The Balaban J connectivity index is 1.90. The van der Waals surface area contributed by atoms with Gasteiger partial charge in [0, 0.05) is 0 Å². The Morgan fingerprint density at radius 2 is 1.71 bits per heavy atom. The number of rotatable bonds is 5. The number of hydrogen-bond donors (Lipinski definition) is 0. The molecule has 0 saturated carbocycles. The van der Waals surface area contributed by atoms with Crippen LogP contribution in [0.4, 0.5) is 11.4 Å². The molecule has 0 aromatic heterocycles. The van der Waals surface area contributed by atoms with Gasteiger partial charge in [0.2, 0.25) is 0 Å². The minimum absolute atomic E-state index is 0.0594. The molecule has 2 aromatic rings. The molecule has 1 atom stereocenters. The average Bonchev–Trinajstić information content (AvgIpc) is 2.97. The molecule has 1 amide bonds. The molecule has 1 aliphatic heterocycles. The van der Waals surface area contributed by atoms with Gasteiger partial charge in [0.1, 0.15) is 15.8 Å². The molecule has 0 fully saturated rings. The molecule has 0 saturated heterocycles. The van der Waals surface area contributed by atoms with E-state index in [1.165, 1.54) is 0 Å². The molecule has 0 aliphatic carbocycles. The SMILES string of the molecule is Cc1ccc(N=NC2C(=O)N(c3ccc(S(=O)(=O)[O-])cc3)N=C2C(=O)[O-])cc1. The lowest BCUT2D eigenvalue weighted by Crippen LogP contribution is -2.39. The number of carbonyl (C=O) groups excluding carboxylic acids is 2. The van der Waals surface area contributed by atoms with E-state index in [4.69, 9.17) is 0 Å². The Morgan fingerprint density at radius 1 is 1.11 bits per heavy atom. The van der Waals surface area contributed by atoms with Crippen molar-refractivity contribution in [2.45, 2.75) is 17.9 Å². The quantitative estimate of drug-likeness (QED) is 0.526. The number of hydrogen-bond acceptors (Lipinski definition) is 9. The molecule has 28 heavy (non-hydrogen) atoms. The van der Waals surface area contributed by atoms with Crippen LogP contribution in [-0.4, -0.2) is 36.6 Å². The number of carbonyl (C=O) groups is 2. The van der Waals surface area contributed by atoms with Crippen LogP contribution in [0.3, 0.4) is 0 Å². The van der Waals surface area contributed by atoms with E-state index in [0.29, 0.717) is 5.69 Å². The molecule has 0 radical (unpaired) electrons. The van der Waals surface area contributed by atoms with Gasteiger partial charge in [0.25, 0.3) is 5.91 Å². The summed E-state index contributed by atoms with van der Waals surface area (Å²) in [5.74, 6) is -2.50. The normalized spacial score (nSPS) is 17.2. The van der Waals surface area contributed by atoms with E-state index in [1.54, 1.807) is 24.3 Å². The van der Waals surface area contributed by atoms with Crippen molar-refractivity contribution in [3.05, 3.63) is 54.1 Å². The van der Waals surface area contributed by atoms with E-state index in [1.807, 2.05) is 6.92 Å². The molecular weight excluding hydrogens is 388 g/mol. The highest BCUT2D eigenvalue weighted by atomic mass is 32.2. The summed E-state index contributed by atoms with van der Waals surface area (Å²) in [5, 5.41) is 23.4. The predicted octanol–water partition coefficient (Wildman–Crippen LogP) is 0.504. The number of aliphatic carboxylic acids is 1. The van der Waals surface area contributed by atoms with Crippen molar-refractivity contribution in [2.24, 2.45) is 15.3 Å². The third kappa shape index (κ3) is 3.94. The van der Waals surface area contributed by atoms with E-state index in [2.05, 4.69) is 15.3 Å². The summed E-state index contributed by atoms with van der Waals surface area (Å²) in [4.78, 5) is 23.4. The molecule has 0 bridgehead atoms. The van der Waals surface area contributed by atoms with Crippen molar-refractivity contribution in [2.75, 3.05) is 5.01 Å². The zero-order chi connectivity index (χ0) is 20.5. The zero-order valence-corrected chi connectivity index (χ0v) is 15.2. The third-order valence-corrected chi connectivity index (χ3v) is 4.66. The van der Waals surface area contributed by atoms with Crippen LogP contribution >= 0.6 is 0 Å². The molecule has 1 heterocycles. The van der Waals surface area contributed by atoms with E-state index >= 15 is 0 Å². The van der Waals surface area contributed by atoms with Gasteiger partial charge in [-0.05, 0) is 43.3 Å². The lowest BCUT2D eigenvalue weighted by molar-refractivity contribution is -0.294. The van der Waals surface area contributed by atoms with Crippen LogP contribution in [0.1, 0.15) is 5.56 Å². The van der Waals surface area contributed by atoms with Crippen molar-refractivity contribution < 1.29 is 27.7 Å². The first-order valence-corrected chi connectivity index (χ1v) is 9.25. The smallest absolute Gasteiger partial charge is 0.280 e. The minimum atomic E-state index is -4.66. The Hall–Kier alpha value is -3.44. The summed E-state index contributed by atoms with van der Waals surface area (Å²) in [7, 11) is -4.66. The number of carboxylic acid groups (broad SMARTS) is 1. The molecule has 0 spiro atoms. The van der Waals surface area contributed by atoms with E-state index in [-0.39, 0.29) is 5.69 Å². The standard InChI is InChI=1S/C17H14N4O6S/c1-10-2-4-11(5-3-10)18-19-14-15(17(23)24)20-21(16(14)22)12-6-8-13(9-7-12)28(25,26)27/h2-9,14H,1H3,(H,23,24)(H,25,26,27)/p-2.